The molecule has 0 atom stereocenters. The van der Waals surface area contributed by atoms with Crippen LogP contribution < -0.4 is 4.72 Å². The highest BCUT2D eigenvalue weighted by Gasteiger charge is 2.65. The molecule has 1 N–H and O–H groups in total. The largest absolute Gasteiger partial charge is 0.407 e. The fraction of sp³-hybridized carbons (Fsp3) is 0.400. The molecule has 0 unspecified atom stereocenters. The van der Waals surface area contributed by atoms with Crippen molar-refractivity contribution in [1.29, 1.82) is 0 Å². The van der Waals surface area contributed by atoms with Crippen LogP contribution in [-0.4, -0.2) is 20.1 Å². The molecule has 3 nitrogen and oxygen atoms in total. The van der Waals surface area contributed by atoms with Crippen molar-refractivity contribution in [2.45, 2.75) is 29.5 Å². The predicted molar refractivity (Wildman–Crippen MR) is 70.2 cm³/mol. The van der Waals surface area contributed by atoms with Gasteiger partial charge in [0, 0.05) is 8.95 Å². The summed E-state index contributed by atoms with van der Waals surface area (Å²) in [6.45, 7) is 0. The minimum atomic E-state index is -4.58. The molecule has 1 aromatic rings. The average Bonchev–Trinajstić information content (AvgIpc) is 2.96. The van der Waals surface area contributed by atoms with E-state index in [0.717, 1.165) is 0 Å². The lowest BCUT2D eigenvalue weighted by atomic mass is 10.3. The fourth-order valence-electron chi connectivity index (χ4n) is 1.57. The van der Waals surface area contributed by atoms with E-state index < -0.39 is 21.7 Å². The standard InChI is InChI=1S/C10H8Br2F3NO2S/c11-6-1-2-8(7(12)5-6)19(17,18)16-9(3-4-9)10(13,14)15/h1-2,5,16H,3-4H2. The zero-order valence-electron chi connectivity index (χ0n) is 9.26. The van der Waals surface area contributed by atoms with Crippen LogP contribution >= 0.6 is 31.9 Å². The van der Waals surface area contributed by atoms with Crippen molar-refractivity contribution in [3.05, 3.63) is 27.1 Å². The number of sulfonamides is 1. The Morgan fingerprint density at radius 3 is 2.21 bits per heavy atom. The van der Waals surface area contributed by atoms with Gasteiger partial charge in [0.1, 0.15) is 5.54 Å². The molecule has 0 aliphatic heterocycles. The predicted octanol–water partition coefficient (Wildman–Crippen LogP) is 3.58. The number of rotatable bonds is 3. The third kappa shape index (κ3) is 2.98. The Kier molecular flexibility index (Phi) is 3.79. The summed E-state index contributed by atoms with van der Waals surface area (Å²) in [5.74, 6) is 0. The van der Waals surface area contributed by atoms with Gasteiger partial charge in [-0.2, -0.15) is 17.9 Å². The third-order valence-electron chi connectivity index (χ3n) is 2.81. The van der Waals surface area contributed by atoms with Crippen LogP contribution in [0.1, 0.15) is 12.8 Å². The van der Waals surface area contributed by atoms with E-state index in [1.165, 1.54) is 18.2 Å². The van der Waals surface area contributed by atoms with E-state index in [-0.39, 0.29) is 22.2 Å². The summed E-state index contributed by atoms with van der Waals surface area (Å²) in [4.78, 5) is -0.216. The lowest BCUT2D eigenvalue weighted by molar-refractivity contribution is -0.160. The van der Waals surface area contributed by atoms with Gasteiger partial charge in [-0.1, -0.05) is 15.9 Å². The summed E-state index contributed by atoms with van der Waals surface area (Å²) in [5, 5.41) is 0. The maximum Gasteiger partial charge on any atom is 0.407 e. The average molecular weight is 423 g/mol. The molecule has 2 rings (SSSR count). The van der Waals surface area contributed by atoms with Gasteiger partial charge in [-0.15, -0.1) is 0 Å². The summed E-state index contributed by atoms with van der Waals surface area (Å²) in [6.07, 6.45) is -5.05. The van der Waals surface area contributed by atoms with Crippen LogP contribution in [0.25, 0.3) is 0 Å². The lowest BCUT2D eigenvalue weighted by Crippen LogP contribution is -2.47. The Bertz CT molecular complexity index is 612. The van der Waals surface area contributed by atoms with Crippen molar-refractivity contribution >= 4 is 41.9 Å². The first-order valence-electron chi connectivity index (χ1n) is 5.13. The topological polar surface area (TPSA) is 46.2 Å². The zero-order chi connectivity index (χ0) is 14.5. The van der Waals surface area contributed by atoms with E-state index >= 15 is 0 Å². The summed E-state index contributed by atoms with van der Waals surface area (Å²) in [6, 6.07) is 4.15. The van der Waals surface area contributed by atoms with Crippen molar-refractivity contribution in [1.82, 2.24) is 4.72 Å². The van der Waals surface area contributed by atoms with Gasteiger partial charge in [-0.05, 0) is 47.0 Å². The van der Waals surface area contributed by atoms with Crippen LogP contribution in [-0.2, 0) is 10.0 Å². The Morgan fingerprint density at radius 2 is 1.79 bits per heavy atom. The van der Waals surface area contributed by atoms with Crippen molar-refractivity contribution in [2.24, 2.45) is 0 Å². The second-order valence-electron chi connectivity index (χ2n) is 4.26. The van der Waals surface area contributed by atoms with Crippen molar-refractivity contribution in [2.75, 3.05) is 0 Å². The van der Waals surface area contributed by atoms with Crippen LogP contribution in [0.15, 0.2) is 32.0 Å². The van der Waals surface area contributed by atoms with Crippen molar-refractivity contribution in [3.63, 3.8) is 0 Å². The molecular formula is C10H8Br2F3NO2S. The molecule has 0 saturated heterocycles. The Labute approximate surface area is 124 Å². The molecule has 1 aliphatic carbocycles. The normalized spacial score (nSPS) is 18.4. The maximum absolute atomic E-state index is 12.8. The minimum absolute atomic E-state index is 0.201. The molecule has 0 bridgehead atoms. The van der Waals surface area contributed by atoms with E-state index in [1.54, 1.807) is 4.72 Å². The van der Waals surface area contributed by atoms with Gasteiger partial charge in [0.25, 0.3) is 0 Å². The highest BCUT2D eigenvalue weighted by molar-refractivity contribution is 9.11. The molecule has 0 aromatic heterocycles. The van der Waals surface area contributed by atoms with Crippen LogP contribution in [0.4, 0.5) is 13.2 Å². The maximum atomic E-state index is 12.8. The van der Waals surface area contributed by atoms with Crippen LogP contribution in [0.2, 0.25) is 0 Å². The Morgan fingerprint density at radius 1 is 1.21 bits per heavy atom. The number of nitrogens with one attached hydrogen (secondary N) is 1. The zero-order valence-corrected chi connectivity index (χ0v) is 13.2. The molecule has 0 amide bonds. The quantitative estimate of drug-likeness (QED) is 0.809. The van der Waals surface area contributed by atoms with E-state index in [4.69, 9.17) is 0 Å². The molecule has 1 fully saturated rings. The lowest BCUT2D eigenvalue weighted by Gasteiger charge is -2.21. The van der Waals surface area contributed by atoms with Gasteiger partial charge >= 0.3 is 6.18 Å². The van der Waals surface area contributed by atoms with E-state index in [2.05, 4.69) is 31.9 Å². The van der Waals surface area contributed by atoms with Crippen LogP contribution in [0, 0.1) is 0 Å². The molecule has 19 heavy (non-hydrogen) atoms. The highest BCUT2D eigenvalue weighted by atomic mass is 79.9. The van der Waals surface area contributed by atoms with Gasteiger partial charge in [0.05, 0.1) is 4.90 Å². The van der Waals surface area contributed by atoms with Crippen molar-refractivity contribution < 1.29 is 21.6 Å². The molecule has 0 heterocycles. The van der Waals surface area contributed by atoms with E-state index in [0.29, 0.717) is 4.47 Å². The Hall–Kier alpha value is -0.120. The van der Waals surface area contributed by atoms with Crippen molar-refractivity contribution in [3.8, 4) is 0 Å². The number of benzene rings is 1. The number of alkyl halides is 3. The number of hydrogen-bond donors (Lipinski definition) is 1. The molecule has 0 spiro atoms. The Balaban J connectivity index is 2.34. The van der Waals surface area contributed by atoms with Gasteiger partial charge in [0.15, 0.2) is 0 Å². The molecule has 9 heteroatoms. The first kappa shape index (κ1) is 15.3. The summed E-state index contributed by atoms with van der Waals surface area (Å²) in [7, 11) is -4.22. The molecule has 1 saturated carbocycles. The van der Waals surface area contributed by atoms with E-state index in [9.17, 15) is 21.6 Å². The number of halogens is 5. The first-order chi connectivity index (χ1) is 8.57. The second kappa shape index (κ2) is 4.71. The van der Waals surface area contributed by atoms with Gasteiger partial charge in [-0.25, -0.2) is 8.42 Å². The molecule has 106 valence electrons. The fourth-order valence-corrected chi connectivity index (χ4v) is 4.77. The molecular weight excluding hydrogens is 415 g/mol. The van der Waals surface area contributed by atoms with E-state index in [1.807, 2.05) is 0 Å². The summed E-state index contributed by atoms with van der Waals surface area (Å²) >= 11 is 6.17. The summed E-state index contributed by atoms with van der Waals surface area (Å²) in [5.41, 5.74) is -2.31. The molecule has 1 aromatic carbocycles. The molecule has 1 aliphatic rings. The minimum Gasteiger partial charge on any atom is -0.207 e. The van der Waals surface area contributed by atoms with Gasteiger partial charge in [-0.3, -0.25) is 0 Å². The van der Waals surface area contributed by atoms with Crippen LogP contribution in [0.3, 0.4) is 0 Å². The first-order valence-corrected chi connectivity index (χ1v) is 8.20. The monoisotopic (exact) mass is 421 g/mol. The third-order valence-corrected chi connectivity index (χ3v) is 5.81. The van der Waals surface area contributed by atoms with Crippen LogP contribution in [0.5, 0.6) is 0 Å². The second-order valence-corrected chi connectivity index (χ2v) is 7.68. The highest BCUT2D eigenvalue weighted by Crippen LogP contribution is 2.49. The van der Waals surface area contributed by atoms with Gasteiger partial charge in [0.2, 0.25) is 10.0 Å². The number of hydrogen-bond acceptors (Lipinski definition) is 2. The smallest absolute Gasteiger partial charge is 0.207 e. The SMILES string of the molecule is O=S(=O)(NC1(C(F)(F)F)CC1)c1ccc(Br)cc1Br. The van der Waals surface area contributed by atoms with Gasteiger partial charge < -0.3 is 0 Å². The molecule has 0 radical (unpaired) electrons. The summed E-state index contributed by atoms with van der Waals surface area (Å²) < 4.78 is 64.9.